The zero-order valence-electron chi connectivity index (χ0n) is 12.0. The highest BCUT2D eigenvalue weighted by molar-refractivity contribution is 5.00. The smallest absolute Gasteiger partial charge is 0.0838 e. The van der Waals surface area contributed by atoms with Crippen molar-refractivity contribution in [3.05, 3.63) is 0 Å². The van der Waals surface area contributed by atoms with Crippen LogP contribution in [0.25, 0.3) is 0 Å². The molecule has 2 nitrogen and oxygen atoms in total. The zero-order chi connectivity index (χ0) is 12.5. The van der Waals surface area contributed by atoms with Crippen molar-refractivity contribution in [2.45, 2.75) is 71.4 Å². The number of rotatable bonds is 1. The molecule has 2 fully saturated rings. The van der Waals surface area contributed by atoms with Gasteiger partial charge in [0.25, 0.3) is 0 Å². The predicted molar refractivity (Wildman–Crippen MR) is 72.2 cm³/mol. The summed E-state index contributed by atoms with van der Waals surface area (Å²) in [5.74, 6) is 0.663. The van der Waals surface area contributed by atoms with Crippen molar-refractivity contribution in [1.29, 1.82) is 0 Å². The normalized spacial score (nSPS) is 38.3. The number of nitrogens with one attached hydrogen (secondary N) is 1. The van der Waals surface area contributed by atoms with Crippen LogP contribution in [0.1, 0.15) is 59.8 Å². The van der Waals surface area contributed by atoms with Crippen LogP contribution in [0.5, 0.6) is 0 Å². The minimum atomic E-state index is 0.125. The van der Waals surface area contributed by atoms with E-state index >= 15 is 0 Å². The van der Waals surface area contributed by atoms with Crippen LogP contribution < -0.4 is 5.32 Å². The second-order valence-electron chi connectivity index (χ2n) is 7.11. The molecule has 1 aliphatic carbocycles. The number of hydrogen-bond acceptors (Lipinski definition) is 2. The SMILES string of the molecule is CC(C)C1NCCOC12CCCC(C)(C)CC2. The van der Waals surface area contributed by atoms with Crippen LogP contribution in [0.3, 0.4) is 0 Å². The van der Waals surface area contributed by atoms with Crippen LogP contribution in [0.15, 0.2) is 0 Å². The standard InChI is InChI=1S/C15H29NO/c1-12(2)13-15(17-11-10-16-13)7-5-6-14(3,4)8-9-15/h12-13,16H,5-11H2,1-4H3. The molecule has 0 aromatic heterocycles. The summed E-state index contributed by atoms with van der Waals surface area (Å²) in [6, 6.07) is 0.546. The van der Waals surface area contributed by atoms with Gasteiger partial charge in [-0.25, -0.2) is 0 Å². The summed E-state index contributed by atoms with van der Waals surface area (Å²) < 4.78 is 6.29. The Bertz CT molecular complexity index is 262. The van der Waals surface area contributed by atoms with Crippen molar-refractivity contribution < 1.29 is 4.74 Å². The number of hydrogen-bond donors (Lipinski definition) is 1. The Morgan fingerprint density at radius 2 is 1.88 bits per heavy atom. The van der Waals surface area contributed by atoms with E-state index < -0.39 is 0 Å². The van der Waals surface area contributed by atoms with E-state index in [1.54, 1.807) is 0 Å². The fourth-order valence-electron chi connectivity index (χ4n) is 3.71. The number of morpholine rings is 1. The van der Waals surface area contributed by atoms with E-state index in [4.69, 9.17) is 4.74 Å². The van der Waals surface area contributed by atoms with E-state index in [1.165, 1.54) is 32.1 Å². The zero-order valence-corrected chi connectivity index (χ0v) is 12.0. The van der Waals surface area contributed by atoms with Gasteiger partial charge < -0.3 is 10.1 Å². The van der Waals surface area contributed by atoms with E-state index in [1.807, 2.05) is 0 Å². The molecule has 1 saturated heterocycles. The molecule has 1 spiro atoms. The Labute approximate surface area is 107 Å². The van der Waals surface area contributed by atoms with E-state index in [2.05, 4.69) is 33.0 Å². The molecule has 1 aliphatic heterocycles. The highest BCUT2D eigenvalue weighted by Gasteiger charge is 2.45. The first-order valence-electron chi connectivity index (χ1n) is 7.33. The lowest BCUT2D eigenvalue weighted by Crippen LogP contribution is -2.60. The number of ether oxygens (including phenoxy) is 1. The molecule has 2 atom stereocenters. The Morgan fingerprint density at radius 1 is 1.12 bits per heavy atom. The molecule has 17 heavy (non-hydrogen) atoms. The van der Waals surface area contributed by atoms with Gasteiger partial charge in [0.1, 0.15) is 0 Å². The summed E-state index contributed by atoms with van der Waals surface area (Å²) in [5, 5.41) is 3.71. The van der Waals surface area contributed by atoms with Crippen LogP contribution >= 0.6 is 0 Å². The van der Waals surface area contributed by atoms with Gasteiger partial charge in [0.2, 0.25) is 0 Å². The third-order valence-electron chi connectivity index (χ3n) is 4.77. The van der Waals surface area contributed by atoms with Gasteiger partial charge in [0, 0.05) is 12.6 Å². The van der Waals surface area contributed by atoms with E-state index in [0.29, 0.717) is 17.4 Å². The monoisotopic (exact) mass is 239 g/mol. The van der Waals surface area contributed by atoms with Crippen LogP contribution in [0.2, 0.25) is 0 Å². The van der Waals surface area contributed by atoms with Crippen LogP contribution in [0, 0.1) is 11.3 Å². The van der Waals surface area contributed by atoms with Crippen molar-refractivity contribution in [1.82, 2.24) is 5.32 Å². The van der Waals surface area contributed by atoms with Gasteiger partial charge >= 0.3 is 0 Å². The molecule has 0 amide bonds. The first-order chi connectivity index (χ1) is 7.95. The van der Waals surface area contributed by atoms with Crippen molar-refractivity contribution in [2.24, 2.45) is 11.3 Å². The van der Waals surface area contributed by atoms with Crippen LogP contribution in [0.4, 0.5) is 0 Å². The minimum Gasteiger partial charge on any atom is -0.372 e. The fourth-order valence-corrected chi connectivity index (χ4v) is 3.71. The van der Waals surface area contributed by atoms with E-state index in [0.717, 1.165) is 13.2 Å². The topological polar surface area (TPSA) is 21.3 Å². The Hall–Kier alpha value is -0.0800. The quantitative estimate of drug-likeness (QED) is 0.757. The Kier molecular flexibility index (Phi) is 3.84. The van der Waals surface area contributed by atoms with Crippen molar-refractivity contribution >= 4 is 0 Å². The first-order valence-corrected chi connectivity index (χ1v) is 7.33. The van der Waals surface area contributed by atoms with Crippen molar-refractivity contribution in [2.75, 3.05) is 13.2 Å². The second-order valence-corrected chi connectivity index (χ2v) is 7.11. The predicted octanol–water partition coefficient (Wildman–Crippen LogP) is 3.36. The molecule has 1 saturated carbocycles. The van der Waals surface area contributed by atoms with Crippen molar-refractivity contribution in [3.63, 3.8) is 0 Å². The van der Waals surface area contributed by atoms with Crippen LogP contribution in [-0.4, -0.2) is 24.8 Å². The molecular formula is C15H29NO. The van der Waals surface area contributed by atoms with Gasteiger partial charge in [-0.3, -0.25) is 0 Å². The largest absolute Gasteiger partial charge is 0.372 e. The molecule has 2 unspecified atom stereocenters. The summed E-state index contributed by atoms with van der Waals surface area (Å²) in [6.45, 7) is 11.4. The fraction of sp³-hybridized carbons (Fsp3) is 1.00. The first kappa shape index (κ1) is 13.4. The molecule has 1 N–H and O–H groups in total. The summed E-state index contributed by atoms with van der Waals surface area (Å²) in [5.41, 5.74) is 0.631. The summed E-state index contributed by atoms with van der Waals surface area (Å²) >= 11 is 0. The highest BCUT2D eigenvalue weighted by atomic mass is 16.5. The highest BCUT2D eigenvalue weighted by Crippen LogP contribution is 2.43. The third kappa shape index (κ3) is 2.85. The van der Waals surface area contributed by atoms with Crippen molar-refractivity contribution in [3.8, 4) is 0 Å². The molecule has 100 valence electrons. The molecule has 0 aromatic carbocycles. The molecule has 2 rings (SSSR count). The van der Waals surface area contributed by atoms with E-state index in [-0.39, 0.29) is 5.60 Å². The maximum absolute atomic E-state index is 6.29. The molecule has 2 aliphatic rings. The molecule has 1 heterocycles. The van der Waals surface area contributed by atoms with Crippen LogP contribution in [-0.2, 0) is 4.74 Å². The molecule has 0 bridgehead atoms. The lowest BCUT2D eigenvalue weighted by molar-refractivity contribution is -0.117. The lowest BCUT2D eigenvalue weighted by atomic mass is 9.78. The van der Waals surface area contributed by atoms with Gasteiger partial charge in [-0.05, 0) is 43.4 Å². The summed E-state index contributed by atoms with van der Waals surface area (Å²) in [6.07, 6.45) is 6.45. The third-order valence-corrected chi connectivity index (χ3v) is 4.77. The Balaban J connectivity index is 2.14. The van der Waals surface area contributed by atoms with E-state index in [9.17, 15) is 0 Å². The molecule has 0 aromatic rings. The lowest BCUT2D eigenvalue weighted by Gasteiger charge is -2.46. The maximum atomic E-state index is 6.29. The summed E-state index contributed by atoms with van der Waals surface area (Å²) in [4.78, 5) is 0. The molecule has 0 radical (unpaired) electrons. The summed E-state index contributed by atoms with van der Waals surface area (Å²) in [7, 11) is 0. The average Bonchev–Trinajstić information content (AvgIpc) is 2.40. The minimum absolute atomic E-state index is 0.125. The van der Waals surface area contributed by atoms with Gasteiger partial charge in [0.05, 0.1) is 12.2 Å². The van der Waals surface area contributed by atoms with Gasteiger partial charge in [-0.2, -0.15) is 0 Å². The molecular weight excluding hydrogens is 210 g/mol. The second kappa shape index (κ2) is 4.89. The van der Waals surface area contributed by atoms with Gasteiger partial charge in [-0.1, -0.05) is 27.7 Å². The molecule has 2 heteroatoms. The van der Waals surface area contributed by atoms with Gasteiger partial charge in [0.15, 0.2) is 0 Å². The van der Waals surface area contributed by atoms with Gasteiger partial charge in [-0.15, -0.1) is 0 Å². The maximum Gasteiger partial charge on any atom is 0.0838 e. The Morgan fingerprint density at radius 3 is 2.59 bits per heavy atom. The average molecular weight is 239 g/mol.